The molecular formula is C12H9N2Si. The van der Waals surface area contributed by atoms with Crippen LogP contribution >= 0.6 is 0 Å². The lowest BCUT2D eigenvalue weighted by atomic mass is 10.2. The summed E-state index contributed by atoms with van der Waals surface area (Å²) in [7, 11) is 1.85. The Hall–Kier alpha value is -1.74. The van der Waals surface area contributed by atoms with Gasteiger partial charge in [-0.2, -0.15) is 0 Å². The van der Waals surface area contributed by atoms with Crippen LogP contribution in [0.5, 0.6) is 0 Å². The number of nitrogens with zero attached hydrogens (tertiary/aromatic N) is 2. The van der Waals surface area contributed by atoms with Gasteiger partial charge in [-0.25, -0.2) is 9.97 Å². The van der Waals surface area contributed by atoms with E-state index in [1.54, 1.807) is 0 Å². The van der Waals surface area contributed by atoms with Crippen molar-refractivity contribution >= 4 is 37.5 Å². The second-order valence-electron chi connectivity index (χ2n) is 3.50. The third-order valence-corrected chi connectivity index (χ3v) is 3.02. The van der Waals surface area contributed by atoms with Crippen molar-refractivity contribution in [3.63, 3.8) is 0 Å². The molecule has 0 unspecified atom stereocenters. The van der Waals surface area contributed by atoms with Crippen LogP contribution in [0.2, 0.25) is 0 Å². The zero-order valence-corrected chi connectivity index (χ0v) is 9.56. The van der Waals surface area contributed by atoms with Gasteiger partial charge in [0.1, 0.15) is 0 Å². The van der Waals surface area contributed by atoms with E-state index in [0.29, 0.717) is 0 Å². The second-order valence-corrected chi connectivity index (χ2v) is 4.26. The van der Waals surface area contributed by atoms with Crippen LogP contribution in [0.4, 0.5) is 0 Å². The first kappa shape index (κ1) is 8.56. The minimum absolute atomic E-state index is 0.957. The Labute approximate surface area is 90.4 Å². The van der Waals surface area contributed by atoms with Gasteiger partial charge in [0.25, 0.3) is 0 Å². The molecule has 0 spiro atoms. The van der Waals surface area contributed by atoms with Crippen molar-refractivity contribution in [1.29, 1.82) is 0 Å². The first-order valence-electron chi connectivity index (χ1n) is 4.82. The number of para-hydroxylation sites is 3. The van der Waals surface area contributed by atoms with E-state index in [1.165, 1.54) is 5.19 Å². The van der Waals surface area contributed by atoms with Gasteiger partial charge in [-0.05, 0) is 23.4 Å². The number of hydrogen-bond donors (Lipinski definition) is 0. The van der Waals surface area contributed by atoms with Crippen molar-refractivity contribution in [2.45, 2.75) is 0 Å². The van der Waals surface area contributed by atoms with E-state index >= 15 is 0 Å². The van der Waals surface area contributed by atoms with Crippen LogP contribution in [0, 0.1) is 0 Å². The van der Waals surface area contributed by atoms with Gasteiger partial charge in [0, 0.05) is 0 Å². The fourth-order valence-corrected chi connectivity index (χ4v) is 2.10. The van der Waals surface area contributed by atoms with E-state index in [4.69, 9.17) is 0 Å². The van der Waals surface area contributed by atoms with Crippen LogP contribution in [0.1, 0.15) is 0 Å². The predicted molar refractivity (Wildman–Crippen MR) is 65.2 cm³/mol. The molecule has 0 saturated carbocycles. The predicted octanol–water partition coefficient (Wildman–Crippen LogP) is 1.04. The van der Waals surface area contributed by atoms with E-state index in [0.717, 1.165) is 22.1 Å². The van der Waals surface area contributed by atoms with Gasteiger partial charge >= 0.3 is 0 Å². The first-order chi connectivity index (χ1) is 7.34. The van der Waals surface area contributed by atoms with Crippen molar-refractivity contribution in [2.75, 3.05) is 0 Å². The Balaban J connectivity index is 2.53. The lowest BCUT2D eigenvalue weighted by Crippen LogP contribution is -2.05. The van der Waals surface area contributed by atoms with Crippen LogP contribution in [0.25, 0.3) is 22.1 Å². The molecule has 1 heterocycles. The molecule has 3 heteroatoms. The van der Waals surface area contributed by atoms with Crippen molar-refractivity contribution in [2.24, 2.45) is 0 Å². The molecule has 0 aliphatic heterocycles. The van der Waals surface area contributed by atoms with E-state index in [1.807, 2.05) is 46.6 Å². The summed E-state index contributed by atoms with van der Waals surface area (Å²) in [6.07, 6.45) is 0. The molecule has 71 valence electrons. The number of aromatic nitrogens is 2. The molecule has 15 heavy (non-hydrogen) atoms. The largest absolute Gasteiger partial charge is 0.245 e. The number of fused-ring (bicyclic) bond motifs is 2. The maximum atomic E-state index is 4.62. The number of benzene rings is 2. The molecule has 0 N–H and O–H groups in total. The maximum Gasteiger partial charge on any atom is 0.0894 e. The average molecular weight is 209 g/mol. The minimum Gasteiger partial charge on any atom is -0.245 e. The summed E-state index contributed by atoms with van der Waals surface area (Å²) in [5.41, 5.74) is 3.90. The highest BCUT2D eigenvalue weighted by molar-refractivity contribution is 6.38. The highest BCUT2D eigenvalue weighted by Gasteiger charge is 2.01. The lowest BCUT2D eigenvalue weighted by Gasteiger charge is -2.02. The van der Waals surface area contributed by atoms with E-state index < -0.39 is 0 Å². The molecule has 0 aliphatic carbocycles. The van der Waals surface area contributed by atoms with Crippen LogP contribution in [0.3, 0.4) is 0 Å². The summed E-state index contributed by atoms with van der Waals surface area (Å²) >= 11 is 0. The fraction of sp³-hybridized carbons (Fsp3) is 0. The third kappa shape index (κ3) is 1.32. The maximum absolute atomic E-state index is 4.62. The van der Waals surface area contributed by atoms with Crippen LogP contribution in [-0.4, -0.2) is 20.2 Å². The van der Waals surface area contributed by atoms with Crippen LogP contribution in [-0.2, 0) is 0 Å². The highest BCUT2D eigenvalue weighted by Crippen LogP contribution is 2.13. The SMILES string of the molecule is [SiH2]c1cccc2nc3ccccc3nc12. The second kappa shape index (κ2) is 3.14. The standard InChI is InChI=1S/C12H9N2Si/c15-11-7-3-6-10-12(11)14-9-5-2-1-4-8(9)13-10/h1-7H,15H2. The minimum atomic E-state index is 0.957. The van der Waals surface area contributed by atoms with Gasteiger partial charge in [0.15, 0.2) is 0 Å². The fourth-order valence-electron chi connectivity index (χ4n) is 1.70. The zero-order chi connectivity index (χ0) is 10.3. The summed E-state index contributed by atoms with van der Waals surface area (Å²) in [6, 6.07) is 14.1. The van der Waals surface area contributed by atoms with Crippen molar-refractivity contribution < 1.29 is 0 Å². The first-order valence-corrected chi connectivity index (χ1v) is 5.53. The Morgan fingerprint density at radius 2 is 1.40 bits per heavy atom. The molecule has 0 saturated heterocycles. The smallest absolute Gasteiger partial charge is 0.0894 e. The van der Waals surface area contributed by atoms with Gasteiger partial charge in [-0.15, -0.1) is 0 Å². The van der Waals surface area contributed by atoms with E-state index in [2.05, 4.69) is 16.0 Å². The molecule has 1 radical (unpaired) electrons. The molecule has 0 aliphatic rings. The molecule has 3 aromatic rings. The quantitative estimate of drug-likeness (QED) is 0.408. The van der Waals surface area contributed by atoms with Gasteiger partial charge in [0.2, 0.25) is 0 Å². The topological polar surface area (TPSA) is 25.8 Å². The Kier molecular flexibility index (Phi) is 1.79. The zero-order valence-electron chi connectivity index (χ0n) is 8.14. The van der Waals surface area contributed by atoms with Gasteiger partial charge in [0.05, 0.1) is 32.3 Å². The molecule has 0 atom stereocenters. The molecule has 0 amide bonds. The summed E-state index contributed by atoms with van der Waals surface area (Å²) in [5.74, 6) is 0. The van der Waals surface area contributed by atoms with Crippen molar-refractivity contribution in [3.05, 3.63) is 42.5 Å². The van der Waals surface area contributed by atoms with Crippen molar-refractivity contribution in [3.8, 4) is 0 Å². The molecule has 2 nitrogen and oxygen atoms in total. The number of hydrogen-bond acceptors (Lipinski definition) is 2. The van der Waals surface area contributed by atoms with Gasteiger partial charge < -0.3 is 0 Å². The third-order valence-electron chi connectivity index (χ3n) is 2.45. The highest BCUT2D eigenvalue weighted by atomic mass is 28.1. The average Bonchev–Trinajstić information content (AvgIpc) is 2.27. The molecule has 0 fully saturated rings. The molecule has 3 rings (SSSR count). The lowest BCUT2D eigenvalue weighted by molar-refractivity contribution is 1.40. The Bertz CT molecular complexity index is 649. The van der Waals surface area contributed by atoms with E-state index in [-0.39, 0.29) is 0 Å². The normalized spacial score (nSPS) is 11.0. The Morgan fingerprint density at radius 1 is 0.733 bits per heavy atom. The monoisotopic (exact) mass is 209 g/mol. The summed E-state index contributed by atoms with van der Waals surface area (Å²) in [6.45, 7) is 0. The summed E-state index contributed by atoms with van der Waals surface area (Å²) < 4.78 is 0. The molecule has 1 aromatic heterocycles. The Morgan fingerprint density at radius 3 is 2.20 bits per heavy atom. The van der Waals surface area contributed by atoms with Crippen LogP contribution < -0.4 is 5.19 Å². The molecule has 2 aromatic carbocycles. The van der Waals surface area contributed by atoms with Gasteiger partial charge in [-0.3, -0.25) is 0 Å². The van der Waals surface area contributed by atoms with E-state index in [9.17, 15) is 0 Å². The van der Waals surface area contributed by atoms with Crippen molar-refractivity contribution in [1.82, 2.24) is 9.97 Å². The number of rotatable bonds is 0. The molecular weight excluding hydrogens is 200 g/mol. The summed E-state index contributed by atoms with van der Waals surface area (Å²) in [5, 5.41) is 1.20. The van der Waals surface area contributed by atoms with Crippen LogP contribution in [0.15, 0.2) is 42.5 Å². The molecule has 0 bridgehead atoms. The summed E-state index contributed by atoms with van der Waals surface area (Å²) in [4.78, 5) is 9.20. The van der Waals surface area contributed by atoms with Gasteiger partial charge in [-0.1, -0.05) is 24.3 Å².